The van der Waals surface area contributed by atoms with Gasteiger partial charge < -0.3 is 15.5 Å². The minimum Gasteiger partial charge on any atom is -0.348 e. The van der Waals surface area contributed by atoms with Gasteiger partial charge in [0.05, 0.1) is 24.8 Å². The number of hydrogen-bond donors (Lipinski definition) is 3. The molecule has 0 radical (unpaired) electrons. The summed E-state index contributed by atoms with van der Waals surface area (Å²) in [5.41, 5.74) is 4.19. The summed E-state index contributed by atoms with van der Waals surface area (Å²) in [5, 5.41) is 19.3. The monoisotopic (exact) mass is 641 g/mol. The summed E-state index contributed by atoms with van der Waals surface area (Å²) in [7, 11) is 0. The van der Waals surface area contributed by atoms with Gasteiger partial charge in [-0.3, -0.25) is 24.1 Å². The zero-order chi connectivity index (χ0) is 32.4. The highest BCUT2D eigenvalue weighted by molar-refractivity contribution is 7.17. The Balaban J connectivity index is 1.22. The van der Waals surface area contributed by atoms with Crippen LogP contribution in [-0.2, 0) is 45.0 Å². The van der Waals surface area contributed by atoms with Crippen molar-refractivity contribution in [2.45, 2.75) is 77.5 Å². The van der Waals surface area contributed by atoms with Crippen LogP contribution < -0.4 is 15.5 Å². The van der Waals surface area contributed by atoms with E-state index in [1.807, 2.05) is 68.6 Å². The average Bonchev–Trinajstić information content (AvgIpc) is 3.81. The van der Waals surface area contributed by atoms with E-state index in [9.17, 15) is 19.2 Å². The first-order valence-electron chi connectivity index (χ1n) is 15.9. The Morgan fingerprint density at radius 1 is 1.13 bits per heavy atom. The van der Waals surface area contributed by atoms with Crippen LogP contribution in [0.4, 0.5) is 5.69 Å². The third-order valence-electron chi connectivity index (χ3n) is 9.29. The number of para-hydroxylation sites is 1. The third-order valence-corrected chi connectivity index (χ3v) is 10.3. The number of aromatic amines is 1. The number of H-pyrrole nitrogens is 1. The van der Waals surface area contributed by atoms with Gasteiger partial charge in [-0.2, -0.15) is 15.4 Å². The second kappa shape index (κ2) is 13.4. The first-order valence-corrected chi connectivity index (χ1v) is 16.8. The van der Waals surface area contributed by atoms with E-state index in [2.05, 4.69) is 26.0 Å². The molecule has 2 aromatic carbocycles. The van der Waals surface area contributed by atoms with Crippen LogP contribution in [0, 0.1) is 5.92 Å². The molecule has 2 aliphatic heterocycles. The number of likely N-dealkylation sites (N-methyl/N-ethyl adjacent to an activating group) is 1. The Labute approximate surface area is 271 Å². The van der Waals surface area contributed by atoms with Gasteiger partial charge in [-0.05, 0) is 59.2 Å². The maximum atomic E-state index is 14.3. The molecule has 2 aliphatic rings. The molecule has 2 aromatic heterocycles. The third kappa shape index (κ3) is 6.01. The minimum atomic E-state index is -0.849. The van der Waals surface area contributed by atoms with Crippen LogP contribution in [0.2, 0.25) is 0 Å². The number of nitrogens with zero attached hydrogens (tertiary/aromatic N) is 4. The molecule has 0 bridgehead atoms. The van der Waals surface area contributed by atoms with Crippen LogP contribution in [0.1, 0.15) is 56.0 Å². The van der Waals surface area contributed by atoms with Gasteiger partial charge in [-0.1, -0.05) is 56.7 Å². The standard InChI is InChI=1S/C34H39N7O4S/c1-4-20(3)30(40(5-2)29(42)16-23-19-46-28-12-7-6-11-25(23)28)33(44)37-26-14-13-21-9-8-10-22-15-27(41(31(21)22)34(26)45)32(43)35-17-24-18-36-39-38-24/h6-12,18-20,26-27,30H,4-5,13-17H2,1-3H3,(H,35,43)(H,37,44)(H,36,38,39)/t20-,26-,27-,30-/m0/s1. The van der Waals surface area contributed by atoms with E-state index < -0.39 is 18.1 Å². The highest BCUT2D eigenvalue weighted by Crippen LogP contribution is 2.39. The van der Waals surface area contributed by atoms with Gasteiger partial charge in [0.1, 0.15) is 23.8 Å². The Morgan fingerprint density at radius 3 is 2.70 bits per heavy atom. The van der Waals surface area contributed by atoms with Crippen LogP contribution in [0.5, 0.6) is 0 Å². The van der Waals surface area contributed by atoms with Crippen molar-refractivity contribution >= 4 is 50.7 Å². The number of nitrogens with one attached hydrogen (secondary N) is 3. The van der Waals surface area contributed by atoms with E-state index >= 15 is 0 Å². The predicted molar refractivity (Wildman–Crippen MR) is 176 cm³/mol. The van der Waals surface area contributed by atoms with E-state index in [1.165, 1.54) is 6.20 Å². The normalized spacial score (nSPS) is 18.5. The molecule has 46 heavy (non-hydrogen) atoms. The van der Waals surface area contributed by atoms with Gasteiger partial charge in [0.25, 0.3) is 0 Å². The number of benzene rings is 2. The van der Waals surface area contributed by atoms with E-state index in [1.54, 1.807) is 21.1 Å². The number of amides is 4. The molecule has 6 rings (SSSR count). The van der Waals surface area contributed by atoms with Crippen molar-refractivity contribution in [1.29, 1.82) is 0 Å². The number of hydrogen-bond acceptors (Lipinski definition) is 7. The lowest BCUT2D eigenvalue weighted by Gasteiger charge is -2.35. The zero-order valence-electron chi connectivity index (χ0n) is 26.3. The van der Waals surface area contributed by atoms with E-state index in [0.29, 0.717) is 37.9 Å². The van der Waals surface area contributed by atoms with Gasteiger partial charge in [0.2, 0.25) is 23.6 Å². The van der Waals surface area contributed by atoms with Crippen molar-refractivity contribution in [3.8, 4) is 0 Å². The van der Waals surface area contributed by atoms with Crippen molar-refractivity contribution < 1.29 is 19.2 Å². The summed E-state index contributed by atoms with van der Waals surface area (Å²) in [5.74, 6) is -1.24. The lowest BCUT2D eigenvalue weighted by atomic mass is 9.95. The Bertz CT molecular complexity index is 1750. The molecule has 4 amide bonds. The number of carbonyl (C=O) groups excluding carboxylic acids is 4. The first kappa shape index (κ1) is 31.4. The molecule has 4 aromatic rings. The number of aromatic nitrogens is 3. The molecular formula is C34H39N7O4S. The number of thiophene rings is 1. The van der Waals surface area contributed by atoms with Gasteiger partial charge in [0.15, 0.2) is 0 Å². The molecule has 0 unspecified atom stereocenters. The molecular weight excluding hydrogens is 602 g/mol. The Hall–Kier alpha value is -4.58. The van der Waals surface area contributed by atoms with E-state index in [0.717, 1.165) is 32.5 Å². The fourth-order valence-corrected chi connectivity index (χ4v) is 7.69. The molecule has 4 heterocycles. The van der Waals surface area contributed by atoms with Crippen LogP contribution >= 0.6 is 11.3 Å². The van der Waals surface area contributed by atoms with Crippen molar-refractivity contribution in [3.05, 3.63) is 76.4 Å². The summed E-state index contributed by atoms with van der Waals surface area (Å²) in [6.45, 7) is 6.38. The molecule has 12 heteroatoms. The molecule has 4 atom stereocenters. The number of aryl methyl sites for hydroxylation is 1. The molecule has 11 nitrogen and oxygen atoms in total. The van der Waals surface area contributed by atoms with Gasteiger partial charge in [0, 0.05) is 17.7 Å². The molecule has 0 saturated carbocycles. The van der Waals surface area contributed by atoms with Crippen LogP contribution in [0.25, 0.3) is 10.1 Å². The summed E-state index contributed by atoms with van der Waals surface area (Å²) in [6.07, 6.45) is 3.74. The minimum absolute atomic E-state index is 0.126. The molecule has 3 N–H and O–H groups in total. The molecule has 0 fully saturated rings. The number of anilines is 1. The maximum Gasteiger partial charge on any atom is 0.250 e. The summed E-state index contributed by atoms with van der Waals surface area (Å²) < 4.78 is 1.12. The topological polar surface area (TPSA) is 140 Å². The van der Waals surface area contributed by atoms with Crippen molar-refractivity contribution in [2.24, 2.45) is 5.92 Å². The second-order valence-corrected chi connectivity index (χ2v) is 13.0. The van der Waals surface area contributed by atoms with Crippen molar-refractivity contribution in [3.63, 3.8) is 0 Å². The smallest absolute Gasteiger partial charge is 0.250 e. The maximum absolute atomic E-state index is 14.3. The summed E-state index contributed by atoms with van der Waals surface area (Å²) in [6, 6.07) is 11.5. The number of rotatable bonds is 11. The molecule has 240 valence electrons. The quantitative estimate of drug-likeness (QED) is 0.229. The van der Waals surface area contributed by atoms with Crippen LogP contribution in [-0.4, -0.2) is 68.6 Å². The molecule has 0 aliphatic carbocycles. The first-order chi connectivity index (χ1) is 22.3. The highest BCUT2D eigenvalue weighted by atomic mass is 32.1. The van der Waals surface area contributed by atoms with Crippen molar-refractivity contribution in [2.75, 3.05) is 11.4 Å². The summed E-state index contributed by atoms with van der Waals surface area (Å²) >= 11 is 1.60. The summed E-state index contributed by atoms with van der Waals surface area (Å²) in [4.78, 5) is 58.9. The zero-order valence-corrected chi connectivity index (χ0v) is 27.1. The Morgan fingerprint density at radius 2 is 1.93 bits per heavy atom. The predicted octanol–water partition coefficient (Wildman–Crippen LogP) is 3.53. The molecule has 0 saturated heterocycles. The Kier molecular flexibility index (Phi) is 9.16. The highest BCUT2D eigenvalue weighted by Gasteiger charge is 2.45. The fraction of sp³-hybridized carbons (Fsp3) is 0.412. The largest absolute Gasteiger partial charge is 0.348 e. The fourth-order valence-electron chi connectivity index (χ4n) is 6.73. The van der Waals surface area contributed by atoms with Gasteiger partial charge >= 0.3 is 0 Å². The number of carbonyl (C=O) groups is 4. The lowest BCUT2D eigenvalue weighted by Crippen LogP contribution is -2.59. The average molecular weight is 642 g/mol. The van der Waals surface area contributed by atoms with Crippen LogP contribution in [0.15, 0.2) is 54.0 Å². The van der Waals surface area contributed by atoms with E-state index in [4.69, 9.17) is 0 Å². The van der Waals surface area contributed by atoms with E-state index in [-0.39, 0.29) is 42.5 Å². The van der Waals surface area contributed by atoms with Crippen molar-refractivity contribution in [1.82, 2.24) is 30.9 Å². The van der Waals surface area contributed by atoms with Gasteiger partial charge in [-0.15, -0.1) is 11.3 Å². The SMILES string of the molecule is CC[C@H](C)[C@@H](C(=O)N[C@H]1CCc2cccc3c2N(C1=O)[C@H](C(=O)NCc1cn[nH]n1)C3)N(CC)C(=O)Cc1csc2ccccc12. The second-order valence-electron chi connectivity index (χ2n) is 12.1. The van der Waals surface area contributed by atoms with Gasteiger partial charge in [-0.25, -0.2) is 0 Å². The number of fused-ring (bicyclic) bond motifs is 1. The molecule has 0 spiro atoms. The lowest BCUT2D eigenvalue weighted by molar-refractivity contribution is -0.142. The van der Waals surface area contributed by atoms with Crippen LogP contribution in [0.3, 0.4) is 0 Å².